The third-order valence-corrected chi connectivity index (χ3v) is 19.0. The molecule has 7 atom stereocenters. The van der Waals surface area contributed by atoms with Gasteiger partial charge in [-0.25, -0.2) is 0 Å². The summed E-state index contributed by atoms with van der Waals surface area (Å²) in [6, 6.07) is 5.16. The Kier molecular flexibility index (Phi) is 29.1. The lowest BCUT2D eigenvalue weighted by atomic mass is 9.78. The Labute approximate surface area is 545 Å². The highest BCUT2D eigenvalue weighted by Gasteiger charge is 2.47. The standard InChI is InChI=1S/C66H99ClF3N11O11/c1-16-41(2)58(44(5)82)73-60(88)43(4)77(12)54(84)34-42(3)76(11)63(91)59(47-26-23-27-47)79(14)64(92)65(6,7)80(15)57(87)40-81(48-28-21-18-22-29-48)61(89)51(33-31-46-30-32-49(50(67)35-46)66(68,69)70)72-53(83)38-75(10)62(90)52(36-45-24-19-17-20-25-45)78(13)56(86)39-74(9)55(85)37-71-8/h18,21-22,28-30,32,35,41-43,45,47,51-52,58-59,71H,16-17,19-20,23-27,31,33-34,36-40H2,1-15H3,(H,72,83)(H,73,88)/t41-,42+,43-,51-,52-,58-,59-/m0/s1. The van der Waals surface area contributed by atoms with Crippen LogP contribution in [0.2, 0.25) is 5.02 Å². The first-order valence-corrected chi connectivity index (χ1v) is 32.2. The number of anilines is 1. The van der Waals surface area contributed by atoms with E-state index >= 15 is 4.79 Å². The van der Waals surface area contributed by atoms with Crippen molar-refractivity contribution in [3.63, 3.8) is 0 Å². The lowest BCUT2D eigenvalue weighted by molar-refractivity contribution is -0.157. The van der Waals surface area contributed by atoms with Gasteiger partial charge in [0.1, 0.15) is 36.3 Å². The van der Waals surface area contributed by atoms with Crippen LogP contribution in [0.3, 0.4) is 0 Å². The molecule has 0 radical (unpaired) electrons. The van der Waals surface area contributed by atoms with Crippen molar-refractivity contribution >= 4 is 82.1 Å². The van der Waals surface area contributed by atoms with Crippen LogP contribution in [0.15, 0.2) is 48.5 Å². The second kappa shape index (κ2) is 34.7. The van der Waals surface area contributed by atoms with Crippen molar-refractivity contribution in [2.75, 3.05) is 87.5 Å². The van der Waals surface area contributed by atoms with Gasteiger partial charge in [0.05, 0.1) is 36.3 Å². The fraction of sp³-hybridized carbons (Fsp3) is 0.652. The fourth-order valence-electron chi connectivity index (χ4n) is 11.6. The molecule has 2 aliphatic rings. The Morgan fingerprint density at radius 1 is 0.674 bits per heavy atom. The van der Waals surface area contributed by atoms with Crippen LogP contribution in [0.5, 0.6) is 0 Å². The van der Waals surface area contributed by atoms with E-state index in [1.54, 1.807) is 51.2 Å². The van der Waals surface area contributed by atoms with Crippen molar-refractivity contribution in [3.8, 4) is 0 Å². The number of benzene rings is 2. The van der Waals surface area contributed by atoms with E-state index in [0.29, 0.717) is 19.3 Å². The molecule has 2 aromatic rings. The quantitative estimate of drug-likeness (QED) is 0.0785. The van der Waals surface area contributed by atoms with Crippen LogP contribution in [-0.2, 0) is 65.3 Å². The molecule has 4 rings (SSSR count). The van der Waals surface area contributed by atoms with E-state index in [4.69, 9.17) is 11.6 Å². The Balaban J connectivity index is 1.62. The number of rotatable bonds is 32. The molecule has 0 unspecified atom stereocenters. The van der Waals surface area contributed by atoms with Crippen LogP contribution >= 0.6 is 11.6 Å². The predicted molar refractivity (Wildman–Crippen MR) is 344 cm³/mol. The number of aryl methyl sites for hydroxylation is 1. The topological polar surface area (TPSA) is 250 Å². The average Bonchev–Trinajstić information content (AvgIpc) is 0.875. The van der Waals surface area contributed by atoms with Gasteiger partial charge in [-0.3, -0.25) is 52.7 Å². The van der Waals surface area contributed by atoms with Gasteiger partial charge in [0.2, 0.25) is 59.1 Å². The molecular formula is C66H99ClF3N11O11. The van der Waals surface area contributed by atoms with Crippen molar-refractivity contribution in [1.29, 1.82) is 0 Å². The molecule has 92 heavy (non-hydrogen) atoms. The summed E-state index contributed by atoms with van der Waals surface area (Å²) in [7, 11) is 11.8. The van der Waals surface area contributed by atoms with Crippen molar-refractivity contribution < 1.29 is 65.9 Å². The smallest absolute Gasteiger partial charge is 0.344 e. The normalized spacial score (nSPS) is 15.9. The number of Topliss-reactive ketones (excluding diaryl/α,β-unsaturated/α-hetero) is 1. The highest BCUT2D eigenvalue weighted by atomic mass is 35.5. The number of nitrogens with zero attached hydrogens (tertiary/aromatic N) is 8. The van der Waals surface area contributed by atoms with E-state index in [1.165, 1.54) is 101 Å². The van der Waals surface area contributed by atoms with Gasteiger partial charge in [-0.2, -0.15) is 13.2 Å². The molecule has 2 saturated carbocycles. The van der Waals surface area contributed by atoms with Crippen LogP contribution in [0, 0.1) is 17.8 Å². The van der Waals surface area contributed by atoms with Gasteiger partial charge in [0.25, 0.3) is 0 Å². The lowest BCUT2D eigenvalue weighted by Gasteiger charge is -2.45. The second-order valence-electron chi connectivity index (χ2n) is 25.7. The summed E-state index contributed by atoms with van der Waals surface area (Å²) >= 11 is 6.13. The Morgan fingerprint density at radius 2 is 1.29 bits per heavy atom. The summed E-state index contributed by atoms with van der Waals surface area (Å²) in [6.07, 6.45) is 2.20. The van der Waals surface area contributed by atoms with Gasteiger partial charge in [-0.05, 0) is 121 Å². The summed E-state index contributed by atoms with van der Waals surface area (Å²) in [5, 5.41) is 7.66. The van der Waals surface area contributed by atoms with Gasteiger partial charge < -0.3 is 55.1 Å². The highest BCUT2D eigenvalue weighted by Crippen LogP contribution is 2.37. The first-order chi connectivity index (χ1) is 43.0. The molecule has 0 spiro atoms. The maximum Gasteiger partial charge on any atom is 0.417 e. The summed E-state index contributed by atoms with van der Waals surface area (Å²) in [5.41, 5.74) is -2.29. The first kappa shape index (κ1) is 77.3. The highest BCUT2D eigenvalue weighted by molar-refractivity contribution is 6.31. The van der Waals surface area contributed by atoms with Gasteiger partial charge >= 0.3 is 6.18 Å². The molecule has 0 bridgehead atoms. The van der Waals surface area contributed by atoms with Crippen LogP contribution < -0.4 is 20.9 Å². The van der Waals surface area contributed by atoms with Gasteiger partial charge in [-0.1, -0.05) is 94.7 Å². The summed E-state index contributed by atoms with van der Waals surface area (Å²) < 4.78 is 41.4. The van der Waals surface area contributed by atoms with E-state index in [1.807, 2.05) is 13.8 Å². The van der Waals surface area contributed by atoms with Crippen LogP contribution in [0.1, 0.15) is 137 Å². The molecule has 26 heteroatoms. The number of alkyl halides is 3. The molecule has 3 N–H and O–H groups in total. The summed E-state index contributed by atoms with van der Waals surface area (Å²) in [4.78, 5) is 164. The molecule has 0 aliphatic heterocycles. The Hall–Kier alpha value is -7.15. The Morgan fingerprint density at radius 3 is 1.84 bits per heavy atom. The molecule has 2 fully saturated rings. The molecule has 0 aromatic heterocycles. The number of carbonyl (C=O) groups is 11. The summed E-state index contributed by atoms with van der Waals surface area (Å²) in [5.74, 6) is -6.39. The van der Waals surface area contributed by atoms with E-state index in [2.05, 4.69) is 16.0 Å². The zero-order valence-corrected chi connectivity index (χ0v) is 57.2. The largest absolute Gasteiger partial charge is 0.417 e. The molecule has 2 aromatic carbocycles. The van der Waals surface area contributed by atoms with Gasteiger partial charge in [-0.15, -0.1) is 0 Å². The maximum absolute atomic E-state index is 15.3. The van der Waals surface area contributed by atoms with Crippen molar-refractivity contribution in [2.24, 2.45) is 17.8 Å². The number of hydrogen-bond donors (Lipinski definition) is 3. The number of para-hydroxylation sites is 1. The molecule has 22 nitrogen and oxygen atoms in total. The number of halogens is 4. The monoisotopic (exact) mass is 1310 g/mol. The van der Waals surface area contributed by atoms with Crippen molar-refractivity contribution in [1.82, 2.24) is 50.2 Å². The predicted octanol–water partition coefficient (Wildman–Crippen LogP) is 5.81. The number of carbonyl (C=O) groups excluding carboxylic acids is 11. The number of nitrogens with one attached hydrogen (secondary N) is 3. The third-order valence-electron chi connectivity index (χ3n) is 18.7. The lowest BCUT2D eigenvalue weighted by Crippen LogP contribution is -2.63. The van der Waals surface area contributed by atoms with Crippen molar-refractivity contribution in [3.05, 3.63) is 64.7 Å². The molecule has 0 heterocycles. The Bertz CT molecular complexity index is 2930. The fourth-order valence-corrected chi connectivity index (χ4v) is 11.9. The van der Waals surface area contributed by atoms with E-state index in [0.717, 1.165) is 65.4 Å². The number of hydrogen-bond acceptors (Lipinski definition) is 12. The maximum atomic E-state index is 15.3. The third kappa shape index (κ3) is 20.7. The van der Waals surface area contributed by atoms with Crippen LogP contribution in [0.4, 0.5) is 18.9 Å². The van der Waals surface area contributed by atoms with Gasteiger partial charge in [0, 0.05) is 67.5 Å². The molecule has 0 saturated heterocycles. The van der Waals surface area contributed by atoms with Crippen LogP contribution in [-0.4, -0.2) is 224 Å². The molecular weight excluding hydrogens is 1220 g/mol. The molecule has 512 valence electrons. The second-order valence-corrected chi connectivity index (χ2v) is 26.1. The van der Waals surface area contributed by atoms with Gasteiger partial charge in [0.15, 0.2) is 5.78 Å². The van der Waals surface area contributed by atoms with E-state index < -0.39 is 125 Å². The average molecular weight is 1320 g/mol. The number of amides is 10. The minimum atomic E-state index is -4.76. The molecule has 2 aliphatic carbocycles. The number of likely N-dealkylation sites (N-methyl/N-ethyl adjacent to an activating group) is 8. The number of ketones is 1. The zero-order valence-electron chi connectivity index (χ0n) is 56.4. The van der Waals surface area contributed by atoms with E-state index in [-0.39, 0.29) is 79.5 Å². The SMILES string of the molecule is CC[C@H](C)[C@H](NC(=O)[C@H](C)N(C)C(=O)C[C@@H](C)N(C)C(=O)[C@H](C1CCC1)N(C)C(=O)C(C)(C)N(C)C(=O)CN(C(=O)[C@H](CCc1ccc(C(F)(F)F)c(Cl)c1)NC(=O)CN(C)C(=O)[C@H](CC1CCCCC1)N(C)C(=O)CN(C)C(=O)CNC)c1ccccc1)C(C)=O. The first-order valence-electron chi connectivity index (χ1n) is 31.8. The van der Waals surface area contributed by atoms with Crippen LogP contribution in [0.25, 0.3) is 0 Å². The summed E-state index contributed by atoms with van der Waals surface area (Å²) in [6.45, 7) is 9.71. The zero-order chi connectivity index (χ0) is 69.3. The minimum Gasteiger partial charge on any atom is -0.344 e. The van der Waals surface area contributed by atoms with E-state index in [9.17, 15) is 61.1 Å². The van der Waals surface area contributed by atoms with Crippen molar-refractivity contribution in [2.45, 2.75) is 180 Å². The molecule has 10 amide bonds. The minimum absolute atomic E-state index is 0.0143.